The van der Waals surface area contributed by atoms with Crippen molar-refractivity contribution in [3.05, 3.63) is 33.8 Å². The molecule has 1 aromatic rings. The van der Waals surface area contributed by atoms with E-state index in [-0.39, 0.29) is 0 Å². The van der Waals surface area contributed by atoms with Crippen molar-refractivity contribution in [3.63, 3.8) is 0 Å². The number of aryl methyl sites for hydroxylation is 1. The van der Waals surface area contributed by atoms with Gasteiger partial charge in [-0.15, -0.1) is 0 Å². The largest absolute Gasteiger partial charge is 0.303 e. The van der Waals surface area contributed by atoms with Crippen LogP contribution in [-0.4, -0.2) is 6.29 Å². The first-order chi connectivity index (χ1) is 7.19. The van der Waals surface area contributed by atoms with Crippen molar-refractivity contribution >= 4 is 22.2 Å². The lowest BCUT2D eigenvalue weighted by atomic mass is 9.97. The Morgan fingerprint density at radius 2 is 2.20 bits per heavy atom. The minimum Gasteiger partial charge on any atom is -0.303 e. The van der Waals surface area contributed by atoms with E-state index in [2.05, 4.69) is 48.0 Å². The Labute approximate surface area is 100 Å². The Balaban J connectivity index is 2.82. The molecule has 0 fully saturated rings. The maximum Gasteiger partial charge on any atom is 0.120 e. The Morgan fingerprint density at radius 1 is 1.47 bits per heavy atom. The van der Waals surface area contributed by atoms with Crippen molar-refractivity contribution in [3.8, 4) is 0 Å². The summed E-state index contributed by atoms with van der Waals surface area (Å²) < 4.78 is 1.17. The number of halogens is 1. The van der Waals surface area contributed by atoms with E-state index in [1.165, 1.54) is 15.6 Å². The van der Waals surface area contributed by atoms with Gasteiger partial charge in [-0.3, -0.25) is 0 Å². The molecule has 0 aliphatic rings. The molecule has 0 saturated heterocycles. The Morgan fingerprint density at radius 3 is 2.73 bits per heavy atom. The fourth-order valence-corrected chi connectivity index (χ4v) is 2.39. The van der Waals surface area contributed by atoms with E-state index in [1.807, 2.05) is 0 Å². The maximum atomic E-state index is 10.3. The molecule has 0 saturated carbocycles. The summed E-state index contributed by atoms with van der Waals surface area (Å²) in [6.45, 7) is 4.42. The molecule has 0 aromatic heterocycles. The van der Waals surface area contributed by atoms with E-state index in [1.54, 1.807) is 0 Å². The predicted octanol–water partition coefficient (Wildman–Crippen LogP) is 4.09. The zero-order valence-corrected chi connectivity index (χ0v) is 10.9. The van der Waals surface area contributed by atoms with E-state index >= 15 is 0 Å². The number of carbonyl (C=O) groups excluding carboxylic acids is 1. The molecule has 1 rings (SSSR count). The quantitative estimate of drug-likeness (QED) is 0.736. The average molecular weight is 269 g/mol. The van der Waals surface area contributed by atoms with Crippen LogP contribution >= 0.6 is 15.9 Å². The van der Waals surface area contributed by atoms with E-state index in [4.69, 9.17) is 0 Å². The standard InChI is InChI=1S/C13H17BrO/c1-3-10(2)12-7-6-11(5-4-8-15)9-13(12)14/h6-10H,3-5H2,1-2H3. The summed E-state index contributed by atoms with van der Waals surface area (Å²) in [5.41, 5.74) is 2.58. The number of hydrogen-bond acceptors (Lipinski definition) is 1. The lowest BCUT2D eigenvalue weighted by Gasteiger charge is -2.12. The van der Waals surface area contributed by atoms with Gasteiger partial charge >= 0.3 is 0 Å². The lowest BCUT2D eigenvalue weighted by Crippen LogP contribution is -1.94. The van der Waals surface area contributed by atoms with Crippen molar-refractivity contribution in [2.24, 2.45) is 0 Å². The number of aldehydes is 1. The van der Waals surface area contributed by atoms with E-state index < -0.39 is 0 Å². The van der Waals surface area contributed by atoms with Crippen LogP contribution in [0.5, 0.6) is 0 Å². The first-order valence-electron chi connectivity index (χ1n) is 5.41. The van der Waals surface area contributed by atoms with Gasteiger partial charge in [0.2, 0.25) is 0 Å². The maximum absolute atomic E-state index is 10.3. The van der Waals surface area contributed by atoms with E-state index in [0.29, 0.717) is 12.3 Å². The van der Waals surface area contributed by atoms with Gasteiger partial charge in [0.05, 0.1) is 0 Å². The molecule has 1 atom stereocenters. The number of benzene rings is 1. The third-order valence-electron chi connectivity index (χ3n) is 2.76. The second kappa shape index (κ2) is 6.06. The first-order valence-corrected chi connectivity index (χ1v) is 6.20. The summed E-state index contributed by atoms with van der Waals surface area (Å²) in [6, 6.07) is 6.42. The fourth-order valence-electron chi connectivity index (χ4n) is 1.57. The van der Waals surface area contributed by atoms with Gasteiger partial charge in [0.15, 0.2) is 0 Å². The molecule has 1 unspecified atom stereocenters. The molecule has 1 nitrogen and oxygen atoms in total. The molecule has 15 heavy (non-hydrogen) atoms. The monoisotopic (exact) mass is 268 g/mol. The van der Waals surface area contributed by atoms with Gasteiger partial charge < -0.3 is 4.79 Å². The lowest BCUT2D eigenvalue weighted by molar-refractivity contribution is -0.107. The van der Waals surface area contributed by atoms with Crippen molar-refractivity contribution in [1.29, 1.82) is 0 Å². The third-order valence-corrected chi connectivity index (χ3v) is 3.45. The highest BCUT2D eigenvalue weighted by atomic mass is 79.9. The summed E-state index contributed by atoms with van der Waals surface area (Å²) in [7, 11) is 0. The van der Waals surface area contributed by atoms with Gasteiger partial charge in [-0.05, 0) is 36.0 Å². The van der Waals surface area contributed by atoms with Crippen LogP contribution < -0.4 is 0 Å². The molecule has 0 bridgehead atoms. The molecule has 0 spiro atoms. The second-order valence-corrected chi connectivity index (χ2v) is 4.72. The highest BCUT2D eigenvalue weighted by Crippen LogP contribution is 2.28. The highest BCUT2D eigenvalue weighted by molar-refractivity contribution is 9.10. The van der Waals surface area contributed by atoms with Crippen LogP contribution in [0.25, 0.3) is 0 Å². The van der Waals surface area contributed by atoms with Gasteiger partial charge in [-0.1, -0.05) is 41.9 Å². The molecule has 1 aromatic carbocycles. The molecular formula is C13H17BrO. The van der Waals surface area contributed by atoms with E-state index in [0.717, 1.165) is 19.1 Å². The smallest absolute Gasteiger partial charge is 0.120 e. The highest BCUT2D eigenvalue weighted by Gasteiger charge is 2.07. The predicted molar refractivity (Wildman–Crippen MR) is 67.2 cm³/mol. The molecule has 2 heteroatoms. The minimum absolute atomic E-state index is 0.583. The summed E-state index contributed by atoms with van der Waals surface area (Å²) >= 11 is 3.59. The average Bonchev–Trinajstić information content (AvgIpc) is 2.25. The summed E-state index contributed by atoms with van der Waals surface area (Å²) in [6.07, 6.45) is 3.56. The van der Waals surface area contributed by atoms with Crippen LogP contribution in [0.2, 0.25) is 0 Å². The topological polar surface area (TPSA) is 17.1 Å². The SMILES string of the molecule is CCC(C)c1ccc(CCC=O)cc1Br. The molecule has 0 aliphatic heterocycles. The van der Waals surface area contributed by atoms with Crippen molar-refractivity contribution in [1.82, 2.24) is 0 Å². The number of rotatable bonds is 5. The molecule has 82 valence electrons. The number of hydrogen-bond donors (Lipinski definition) is 0. The van der Waals surface area contributed by atoms with Crippen LogP contribution in [0.3, 0.4) is 0 Å². The second-order valence-electron chi connectivity index (χ2n) is 3.87. The van der Waals surface area contributed by atoms with E-state index in [9.17, 15) is 4.79 Å². The Kier molecular flexibility index (Phi) is 5.03. The molecule has 0 N–H and O–H groups in total. The van der Waals surface area contributed by atoms with Gasteiger partial charge in [0, 0.05) is 10.9 Å². The van der Waals surface area contributed by atoms with Crippen LogP contribution in [0, 0.1) is 0 Å². The van der Waals surface area contributed by atoms with Crippen LogP contribution in [0.4, 0.5) is 0 Å². The van der Waals surface area contributed by atoms with Gasteiger partial charge in [0.25, 0.3) is 0 Å². The van der Waals surface area contributed by atoms with Crippen molar-refractivity contribution in [2.45, 2.75) is 39.0 Å². The van der Waals surface area contributed by atoms with Crippen LogP contribution in [0.1, 0.15) is 43.7 Å². The Hall–Kier alpha value is -0.630. The van der Waals surface area contributed by atoms with Gasteiger partial charge in [0.1, 0.15) is 6.29 Å². The summed E-state index contributed by atoms with van der Waals surface area (Å²) in [4.78, 5) is 10.3. The van der Waals surface area contributed by atoms with Crippen molar-refractivity contribution in [2.75, 3.05) is 0 Å². The number of carbonyl (C=O) groups is 1. The normalized spacial score (nSPS) is 12.5. The van der Waals surface area contributed by atoms with Crippen molar-refractivity contribution < 1.29 is 4.79 Å². The van der Waals surface area contributed by atoms with Crippen LogP contribution in [-0.2, 0) is 11.2 Å². The molecule has 0 aliphatic carbocycles. The summed E-state index contributed by atoms with van der Waals surface area (Å²) in [5, 5.41) is 0. The Bertz CT molecular complexity index is 333. The summed E-state index contributed by atoms with van der Waals surface area (Å²) in [5.74, 6) is 0.583. The molecule has 0 radical (unpaired) electrons. The molecule has 0 heterocycles. The van der Waals surface area contributed by atoms with Crippen LogP contribution in [0.15, 0.2) is 22.7 Å². The fraction of sp³-hybridized carbons (Fsp3) is 0.462. The zero-order valence-electron chi connectivity index (χ0n) is 9.29. The van der Waals surface area contributed by atoms with Gasteiger partial charge in [-0.2, -0.15) is 0 Å². The molecule has 0 amide bonds. The zero-order chi connectivity index (χ0) is 11.3. The molecular weight excluding hydrogens is 252 g/mol. The van der Waals surface area contributed by atoms with Gasteiger partial charge in [-0.25, -0.2) is 0 Å². The first kappa shape index (κ1) is 12.4. The minimum atomic E-state index is 0.583. The third kappa shape index (κ3) is 3.45.